The van der Waals surface area contributed by atoms with E-state index in [1.54, 1.807) is 0 Å². The first-order chi connectivity index (χ1) is 9.45. The number of likely N-dealkylation sites (tertiary alicyclic amines) is 1. The lowest BCUT2D eigenvalue weighted by atomic mass is 9.91. The molecule has 1 atom stereocenters. The molecule has 7 nitrogen and oxygen atoms in total. The number of nitrogens with zero attached hydrogens (tertiary/aromatic N) is 5. The smallest absolute Gasteiger partial charge is 0.229 e. The zero-order valence-corrected chi connectivity index (χ0v) is 12.6. The van der Waals surface area contributed by atoms with Gasteiger partial charge in [0, 0.05) is 20.1 Å². The number of nitrogens with two attached hydrogens (primary N) is 2. The third kappa shape index (κ3) is 3.77. The maximum Gasteiger partial charge on any atom is 0.229 e. The first kappa shape index (κ1) is 14.9. The normalized spacial score (nSPS) is 19.0. The van der Waals surface area contributed by atoms with Crippen LogP contribution in [-0.4, -0.2) is 53.1 Å². The number of anilines is 2. The van der Waals surface area contributed by atoms with Crippen LogP contribution in [0.4, 0.5) is 11.9 Å². The van der Waals surface area contributed by atoms with Gasteiger partial charge in [0.15, 0.2) is 0 Å². The van der Waals surface area contributed by atoms with E-state index in [1.165, 1.54) is 0 Å². The van der Waals surface area contributed by atoms with Crippen LogP contribution in [0.2, 0.25) is 0 Å². The number of hydrogen-bond donors (Lipinski definition) is 2. The van der Waals surface area contributed by atoms with Gasteiger partial charge in [0.05, 0.1) is 6.54 Å². The van der Waals surface area contributed by atoms with E-state index in [1.807, 2.05) is 19.0 Å². The van der Waals surface area contributed by atoms with Gasteiger partial charge in [-0.3, -0.25) is 4.90 Å². The van der Waals surface area contributed by atoms with Crippen LogP contribution < -0.4 is 16.4 Å². The summed E-state index contributed by atoms with van der Waals surface area (Å²) in [5, 5.41) is 0. The molecule has 0 aliphatic carbocycles. The quantitative estimate of drug-likeness (QED) is 0.805. The molecule has 2 rings (SSSR count). The summed E-state index contributed by atoms with van der Waals surface area (Å²) in [4.78, 5) is 17.0. The molecule has 1 saturated heterocycles. The van der Waals surface area contributed by atoms with E-state index in [-0.39, 0.29) is 12.0 Å². The van der Waals surface area contributed by atoms with Crippen LogP contribution in [0.25, 0.3) is 0 Å². The maximum atomic E-state index is 5.96. The molecule has 0 spiro atoms. The van der Waals surface area contributed by atoms with Crippen molar-refractivity contribution in [1.82, 2.24) is 19.9 Å². The SMILES string of the molecule is CC(N)C1CCN(Cc2nc(N)nc(N(C)C)n2)CC1. The Bertz CT molecular complexity index is 438. The van der Waals surface area contributed by atoms with E-state index in [0.717, 1.165) is 38.3 Å². The predicted molar refractivity (Wildman–Crippen MR) is 80.2 cm³/mol. The van der Waals surface area contributed by atoms with Gasteiger partial charge in [0.25, 0.3) is 0 Å². The third-order valence-corrected chi connectivity index (χ3v) is 3.83. The maximum absolute atomic E-state index is 5.96. The van der Waals surface area contributed by atoms with Crippen LogP contribution in [0.1, 0.15) is 25.6 Å². The van der Waals surface area contributed by atoms with Crippen LogP contribution in [0.5, 0.6) is 0 Å². The Labute approximate surface area is 120 Å². The number of aromatic nitrogens is 3. The number of nitrogen functional groups attached to an aromatic ring is 1. The highest BCUT2D eigenvalue weighted by atomic mass is 15.3. The topological polar surface area (TPSA) is 97.2 Å². The van der Waals surface area contributed by atoms with E-state index >= 15 is 0 Å². The molecule has 20 heavy (non-hydrogen) atoms. The highest BCUT2D eigenvalue weighted by Crippen LogP contribution is 2.20. The first-order valence-corrected chi connectivity index (χ1v) is 7.11. The Morgan fingerprint density at radius 2 is 1.90 bits per heavy atom. The van der Waals surface area contributed by atoms with Crippen molar-refractivity contribution < 1.29 is 0 Å². The summed E-state index contributed by atoms with van der Waals surface area (Å²) in [5.74, 6) is 2.26. The van der Waals surface area contributed by atoms with Gasteiger partial charge in [0.1, 0.15) is 5.82 Å². The van der Waals surface area contributed by atoms with Crippen molar-refractivity contribution in [3.63, 3.8) is 0 Å². The largest absolute Gasteiger partial charge is 0.368 e. The van der Waals surface area contributed by atoms with Crippen LogP contribution in [0, 0.1) is 5.92 Å². The standard InChI is InChI=1S/C13H25N7/c1-9(14)10-4-6-20(7-5-10)8-11-16-12(15)18-13(17-11)19(2)3/h9-10H,4-8,14H2,1-3H3,(H2,15,16,17,18). The molecule has 7 heteroatoms. The Morgan fingerprint density at radius 3 is 2.45 bits per heavy atom. The van der Waals surface area contributed by atoms with Gasteiger partial charge in [-0.2, -0.15) is 15.0 Å². The molecule has 0 saturated carbocycles. The Kier molecular flexibility index (Phi) is 4.72. The van der Waals surface area contributed by atoms with E-state index in [2.05, 4.69) is 26.8 Å². The van der Waals surface area contributed by atoms with Gasteiger partial charge in [-0.15, -0.1) is 0 Å². The molecule has 1 aliphatic rings. The molecule has 0 bridgehead atoms. The second-order valence-electron chi connectivity index (χ2n) is 5.78. The number of piperidine rings is 1. The molecule has 4 N–H and O–H groups in total. The summed E-state index contributed by atoms with van der Waals surface area (Å²) in [7, 11) is 3.79. The van der Waals surface area contributed by atoms with Gasteiger partial charge >= 0.3 is 0 Å². The second-order valence-corrected chi connectivity index (χ2v) is 5.78. The zero-order chi connectivity index (χ0) is 14.7. The van der Waals surface area contributed by atoms with Crippen molar-refractivity contribution in [3.05, 3.63) is 5.82 Å². The van der Waals surface area contributed by atoms with Gasteiger partial charge in [-0.05, 0) is 38.8 Å². The van der Waals surface area contributed by atoms with Gasteiger partial charge in [-0.1, -0.05) is 0 Å². The molecule has 1 aromatic rings. The van der Waals surface area contributed by atoms with E-state index in [0.29, 0.717) is 11.9 Å². The average Bonchev–Trinajstić information content (AvgIpc) is 2.38. The fraction of sp³-hybridized carbons (Fsp3) is 0.769. The number of hydrogen-bond acceptors (Lipinski definition) is 7. The molecule has 0 radical (unpaired) electrons. The fourth-order valence-electron chi connectivity index (χ4n) is 2.53. The van der Waals surface area contributed by atoms with E-state index in [4.69, 9.17) is 11.5 Å². The lowest BCUT2D eigenvalue weighted by Crippen LogP contribution is -2.39. The Morgan fingerprint density at radius 1 is 1.25 bits per heavy atom. The molecule has 1 fully saturated rings. The second kappa shape index (κ2) is 6.32. The monoisotopic (exact) mass is 279 g/mol. The van der Waals surface area contributed by atoms with Crippen molar-refractivity contribution in [3.8, 4) is 0 Å². The molecule has 1 unspecified atom stereocenters. The van der Waals surface area contributed by atoms with Crippen LogP contribution >= 0.6 is 0 Å². The molecule has 1 aromatic heterocycles. The summed E-state index contributed by atoms with van der Waals surface area (Å²) in [5.41, 5.74) is 11.7. The highest BCUT2D eigenvalue weighted by molar-refractivity contribution is 5.32. The van der Waals surface area contributed by atoms with Crippen molar-refractivity contribution >= 4 is 11.9 Å². The van der Waals surface area contributed by atoms with Crippen molar-refractivity contribution in [2.75, 3.05) is 37.8 Å². The Balaban J connectivity index is 1.97. The summed E-state index contributed by atoms with van der Waals surface area (Å²) >= 11 is 0. The first-order valence-electron chi connectivity index (χ1n) is 7.11. The van der Waals surface area contributed by atoms with Crippen LogP contribution in [0.3, 0.4) is 0 Å². The van der Waals surface area contributed by atoms with Gasteiger partial charge < -0.3 is 16.4 Å². The van der Waals surface area contributed by atoms with Gasteiger partial charge in [-0.25, -0.2) is 0 Å². The summed E-state index contributed by atoms with van der Waals surface area (Å²) in [6.45, 7) is 4.89. The van der Waals surface area contributed by atoms with Crippen molar-refractivity contribution in [2.45, 2.75) is 32.4 Å². The minimum atomic E-state index is 0.282. The fourth-order valence-corrected chi connectivity index (χ4v) is 2.53. The molecular formula is C13H25N7. The minimum Gasteiger partial charge on any atom is -0.368 e. The summed E-state index contributed by atoms with van der Waals surface area (Å²) in [6, 6.07) is 0.283. The highest BCUT2D eigenvalue weighted by Gasteiger charge is 2.22. The molecule has 1 aliphatic heterocycles. The van der Waals surface area contributed by atoms with Crippen molar-refractivity contribution in [1.29, 1.82) is 0 Å². The number of rotatable bonds is 4. The van der Waals surface area contributed by atoms with Crippen molar-refractivity contribution in [2.24, 2.45) is 11.7 Å². The predicted octanol–water partition coefficient (Wildman–Crippen LogP) is 0.0790. The summed E-state index contributed by atoms with van der Waals surface area (Å²) in [6.07, 6.45) is 2.28. The molecular weight excluding hydrogens is 254 g/mol. The molecule has 0 amide bonds. The molecule has 2 heterocycles. The van der Waals surface area contributed by atoms with Crippen LogP contribution in [0.15, 0.2) is 0 Å². The zero-order valence-electron chi connectivity index (χ0n) is 12.6. The van der Waals surface area contributed by atoms with Crippen LogP contribution in [-0.2, 0) is 6.54 Å². The average molecular weight is 279 g/mol. The van der Waals surface area contributed by atoms with E-state index < -0.39 is 0 Å². The van der Waals surface area contributed by atoms with E-state index in [9.17, 15) is 0 Å². The summed E-state index contributed by atoms with van der Waals surface area (Å²) < 4.78 is 0. The molecule has 0 aromatic carbocycles. The lowest BCUT2D eigenvalue weighted by Gasteiger charge is -2.33. The minimum absolute atomic E-state index is 0.282. The Hall–Kier alpha value is -1.47. The molecule has 112 valence electrons. The van der Waals surface area contributed by atoms with Gasteiger partial charge in [0.2, 0.25) is 11.9 Å². The lowest BCUT2D eigenvalue weighted by molar-refractivity contribution is 0.162. The third-order valence-electron chi connectivity index (χ3n) is 3.83.